The summed E-state index contributed by atoms with van der Waals surface area (Å²) in [4.78, 5) is 12.8. The first kappa shape index (κ1) is 18.6. The van der Waals surface area contributed by atoms with Gasteiger partial charge in [-0.05, 0) is 24.6 Å². The average Bonchev–Trinajstić information content (AvgIpc) is 3.05. The van der Waals surface area contributed by atoms with Gasteiger partial charge in [0.1, 0.15) is 0 Å². The van der Waals surface area contributed by atoms with Gasteiger partial charge in [0.2, 0.25) is 10.0 Å². The summed E-state index contributed by atoms with van der Waals surface area (Å²) in [6.07, 6.45) is 0. The highest BCUT2D eigenvalue weighted by molar-refractivity contribution is 7.89. The van der Waals surface area contributed by atoms with Crippen molar-refractivity contribution in [2.75, 3.05) is 32.6 Å². The molecule has 0 saturated heterocycles. The number of benzene rings is 1. The zero-order valence-corrected chi connectivity index (χ0v) is 15.4. The van der Waals surface area contributed by atoms with Gasteiger partial charge in [-0.3, -0.25) is 4.79 Å². The molecule has 1 amide bonds. The number of methoxy groups -OCH3 is 1. The van der Waals surface area contributed by atoms with E-state index < -0.39 is 10.0 Å². The summed E-state index contributed by atoms with van der Waals surface area (Å²) in [5.41, 5.74) is 1.65. The molecular formula is C16H20N2O4S2. The number of aryl methyl sites for hydroxylation is 1. The summed E-state index contributed by atoms with van der Waals surface area (Å²) < 4.78 is 31.0. The Morgan fingerprint density at radius 1 is 1.33 bits per heavy atom. The number of thiophene rings is 1. The molecule has 0 fully saturated rings. The minimum atomic E-state index is -3.62. The van der Waals surface area contributed by atoms with Crippen LogP contribution in [0.5, 0.6) is 0 Å². The minimum Gasteiger partial charge on any atom is -0.383 e. The fourth-order valence-electron chi connectivity index (χ4n) is 1.99. The molecule has 8 heteroatoms. The SMILES string of the molecule is COCCN(C)S(=O)(=O)c1csc(C(=O)Nc2ccccc2C)c1. The molecule has 0 atom stereocenters. The van der Waals surface area contributed by atoms with Crippen molar-refractivity contribution < 1.29 is 17.9 Å². The van der Waals surface area contributed by atoms with Gasteiger partial charge in [0.05, 0.1) is 16.4 Å². The molecule has 24 heavy (non-hydrogen) atoms. The Kier molecular flexibility index (Phi) is 6.11. The number of likely N-dealkylation sites (N-methyl/N-ethyl adjacent to an activating group) is 1. The van der Waals surface area contributed by atoms with Crippen LogP contribution in [0.1, 0.15) is 15.2 Å². The molecule has 2 aromatic rings. The zero-order chi connectivity index (χ0) is 17.7. The Bertz CT molecular complexity index is 815. The summed E-state index contributed by atoms with van der Waals surface area (Å²) >= 11 is 1.10. The molecule has 1 aromatic heterocycles. The van der Waals surface area contributed by atoms with E-state index >= 15 is 0 Å². The Balaban J connectivity index is 2.15. The van der Waals surface area contributed by atoms with Crippen molar-refractivity contribution in [2.45, 2.75) is 11.8 Å². The number of hydrogen-bond donors (Lipinski definition) is 1. The maximum Gasteiger partial charge on any atom is 0.265 e. The highest BCUT2D eigenvalue weighted by Gasteiger charge is 2.23. The predicted molar refractivity (Wildman–Crippen MR) is 95.1 cm³/mol. The van der Waals surface area contributed by atoms with Crippen molar-refractivity contribution in [3.63, 3.8) is 0 Å². The van der Waals surface area contributed by atoms with Crippen LogP contribution in [0.15, 0.2) is 40.6 Å². The summed E-state index contributed by atoms with van der Waals surface area (Å²) in [7, 11) is -0.623. The second-order valence-electron chi connectivity index (χ2n) is 5.24. The van der Waals surface area contributed by atoms with Crippen LogP contribution in [0.25, 0.3) is 0 Å². The van der Waals surface area contributed by atoms with Crippen molar-refractivity contribution in [2.24, 2.45) is 0 Å². The molecule has 0 bridgehead atoms. The monoisotopic (exact) mass is 368 g/mol. The molecular weight excluding hydrogens is 348 g/mol. The molecule has 0 aliphatic heterocycles. The molecule has 1 heterocycles. The first-order chi connectivity index (χ1) is 11.4. The third-order valence-electron chi connectivity index (χ3n) is 3.51. The Hall–Kier alpha value is -1.74. The summed E-state index contributed by atoms with van der Waals surface area (Å²) in [6, 6.07) is 8.81. The number of sulfonamides is 1. The summed E-state index contributed by atoms with van der Waals surface area (Å²) in [5.74, 6) is -0.324. The maximum absolute atomic E-state index is 12.4. The second kappa shape index (κ2) is 7.89. The number of carbonyl (C=O) groups excluding carboxylic acids is 1. The molecule has 0 unspecified atom stereocenters. The van der Waals surface area contributed by atoms with Crippen molar-refractivity contribution in [3.05, 3.63) is 46.2 Å². The molecule has 6 nitrogen and oxygen atoms in total. The molecule has 2 rings (SSSR count). The van der Waals surface area contributed by atoms with Gasteiger partial charge in [0.15, 0.2) is 0 Å². The lowest BCUT2D eigenvalue weighted by atomic mass is 10.2. The normalized spacial score (nSPS) is 11.7. The third-order valence-corrected chi connectivity index (χ3v) is 6.42. The quantitative estimate of drug-likeness (QED) is 0.815. The number of carbonyl (C=O) groups is 1. The first-order valence-corrected chi connectivity index (χ1v) is 9.59. The van der Waals surface area contributed by atoms with E-state index in [4.69, 9.17) is 4.74 Å². The van der Waals surface area contributed by atoms with Crippen molar-refractivity contribution in [1.82, 2.24) is 4.31 Å². The second-order valence-corrected chi connectivity index (χ2v) is 8.19. The topological polar surface area (TPSA) is 75.7 Å². The van der Waals surface area contributed by atoms with Crippen LogP contribution < -0.4 is 5.32 Å². The minimum absolute atomic E-state index is 0.112. The van der Waals surface area contributed by atoms with E-state index in [0.29, 0.717) is 17.2 Å². The standard InChI is InChI=1S/C16H20N2O4S2/c1-12-6-4-5-7-14(12)17-16(19)15-10-13(11-23-15)24(20,21)18(2)8-9-22-3/h4-7,10-11H,8-9H2,1-3H3,(H,17,19). The van der Waals surface area contributed by atoms with Gasteiger partial charge in [0.25, 0.3) is 5.91 Å². The smallest absolute Gasteiger partial charge is 0.265 e. The molecule has 0 aliphatic rings. The van der Waals surface area contributed by atoms with Crippen molar-refractivity contribution >= 4 is 33.0 Å². The van der Waals surface area contributed by atoms with E-state index in [1.807, 2.05) is 25.1 Å². The maximum atomic E-state index is 12.4. The number of anilines is 1. The predicted octanol–water partition coefficient (Wildman–Crippen LogP) is 2.58. The van der Waals surface area contributed by atoms with Crippen molar-refractivity contribution in [3.8, 4) is 0 Å². The number of rotatable bonds is 7. The van der Waals surface area contributed by atoms with E-state index in [1.165, 1.54) is 29.9 Å². The Morgan fingerprint density at radius 2 is 2.04 bits per heavy atom. The van der Waals surface area contributed by atoms with Crippen LogP contribution >= 0.6 is 11.3 Å². The fraction of sp³-hybridized carbons (Fsp3) is 0.312. The lowest BCUT2D eigenvalue weighted by Crippen LogP contribution is -2.29. The number of nitrogens with one attached hydrogen (secondary N) is 1. The molecule has 130 valence electrons. The van der Waals surface area contributed by atoms with E-state index in [9.17, 15) is 13.2 Å². The van der Waals surface area contributed by atoms with E-state index in [2.05, 4.69) is 5.32 Å². The number of nitrogens with zero attached hydrogens (tertiary/aromatic N) is 1. The van der Waals surface area contributed by atoms with Gasteiger partial charge >= 0.3 is 0 Å². The van der Waals surface area contributed by atoms with Crippen LogP contribution in [-0.4, -0.2) is 45.9 Å². The third kappa shape index (κ3) is 4.21. The van der Waals surface area contributed by atoms with Crippen LogP contribution in [0.3, 0.4) is 0 Å². The van der Waals surface area contributed by atoms with Gasteiger partial charge in [-0.15, -0.1) is 11.3 Å². The Morgan fingerprint density at radius 3 is 2.71 bits per heavy atom. The summed E-state index contributed by atoms with van der Waals surface area (Å²) in [6.45, 7) is 2.45. The van der Waals surface area contributed by atoms with Crippen LogP contribution in [-0.2, 0) is 14.8 Å². The highest BCUT2D eigenvalue weighted by Crippen LogP contribution is 2.23. The van der Waals surface area contributed by atoms with E-state index in [-0.39, 0.29) is 17.3 Å². The summed E-state index contributed by atoms with van der Waals surface area (Å²) in [5, 5.41) is 4.28. The van der Waals surface area contributed by atoms with Crippen LogP contribution in [0.2, 0.25) is 0 Å². The first-order valence-electron chi connectivity index (χ1n) is 7.27. The number of ether oxygens (including phenoxy) is 1. The van der Waals surface area contributed by atoms with Crippen LogP contribution in [0.4, 0.5) is 5.69 Å². The van der Waals surface area contributed by atoms with Gasteiger partial charge in [0, 0.05) is 31.8 Å². The van der Waals surface area contributed by atoms with Gasteiger partial charge in [-0.1, -0.05) is 18.2 Å². The van der Waals surface area contributed by atoms with E-state index in [0.717, 1.165) is 16.9 Å². The molecule has 0 aliphatic carbocycles. The number of amides is 1. The van der Waals surface area contributed by atoms with Gasteiger partial charge in [-0.2, -0.15) is 4.31 Å². The molecule has 0 saturated carbocycles. The fourth-order valence-corrected chi connectivity index (χ4v) is 4.30. The number of hydrogen-bond acceptors (Lipinski definition) is 5. The van der Waals surface area contributed by atoms with Gasteiger partial charge < -0.3 is 10.1 Å². The zero-order valence-electron chi connectivity index (χ0n) is 13.8. The lowest BCUT2D eigenvalue weighted by Gasteiger charge is -2.15. The average molecular weight is 368 g/mol. The largest absolute Gasteiger partial charge is 0.383 e. The Labute approximate surface area is 146 Å². The molecule has 1 N–H and O–H groups in total. The number of para-hydroxylation sites is 1. The molecule has 0 radical (unpaired) electrons. The molecule has 0 spiro atoms. The van der Waals surface area contributed by atoms with E-state index in [1.54, 1.807) is 6.07 Å². The van der Waals surface area contributed by atoms with Crippen LogP contribution in [0, 0.1) is 6.92 Å². The van der Waals surface area contributed by atoms with Crippen molar-refractivity contribution in [1.29, 1.82) is 0 Å². The highest BCUT2D eigenvalue weighted by atomic mass is 32.2. The molecule has 1 aromatic carbocycles. The lowest BCUT2D eigenvalue weighted by molar-refractivity contribution is 0.103. The van der Waals surface area contributed by atoms with Gasteiger partial charge in [-0.25, -0.2) is 8.42 Å².